The van der Waals surface area contributed by atoms with Crippen LogP contribution in [-0.4, -0.2) is 66.2 Å². The molecule has 1 aliphatic heterocycles. The van der Waals surface area contributed by atoms with E-state index in [0.29, 0.717) is 13.0 Å². The molecule has 1 aliphatic rings. The summed E-state index contributed by atoms with van der Waals surface area (Å²) in [7, 11) is 3.97. The Morgan fingerprint density at radius 1 is 1.42 bits per heavy atom. The van der Waals surface area contributed by atoms with Crippen molar-refractivity contribution in [2.45, 2.75) is 44.7 Å². The van der Waals surface area contributed by atoms with E-state index in [1.54, 1.807) is 0 Å². The van der Waals surface area contributed by atoms with E-state index in [1.165, 1.54) is 4.90 Å². The standard InChI is InChI=1S/C13H25N3O3/c1-10(7-9-15(2)3)14-13(19)16-8-5-4-6-11(16)12(17)18/h10-11H,4-9H2,1-3H3,(H,14,19)(H,17,18). The zero-order valence-electron chi connectivity index (χ0n) is 12.1. The summed E-state index contributed by atoms with van der Waals surface area (Å²) in [5, 5.41) is 12.0. The van der Waals surface area contributed by atoms with Gasteiger partial charge in [0, 0.05) is 12.6 Å². The van der Waals surface area contributed by atoms with Crippen molar-refractivity contribution in [3.05, 3.63) is 0 Å². The van der Waals surface area contributed by atoms with E-state index in [-0.39, 0.29) is 12.1 Å². The predicted octanol–water partition coefficient (Wildman–Crippen LogP) is 0.975. The minimum Gasteiger partial charge on any atom is -0.480 e. The van der Waals surface area contributed by atoms with Gasteiger partial charge >= 0.3 is 12.0 Å². The molecule has 0 saturated carbocycles. The number of hydrogen-bond acceptors (Lipinski definition) is 3. The largest absolute Gasteiger partial charge is 0.480 e. The van der Waals surface area contributed by atoms with E-state index in [4.69, 9.17) is 5.11 Å². The van der Waals surface area contributed by atoms with Crippen molar-refractivity contribution in [1.82, 2.24) is 15.1 Å². The SMILES string of the molecule is CC(CCN(C)C)NC(=O)N1CCCCC1C(=O)O. The van der Waals surface area contributed by atoms with Gasteiger partial charge in [-0.05, 0) is 53.2 Å². The van der Waals surface area contributed by atoms with Crippen LogP contribution < -0.4 is 5.32 Å². The van der Waals surface area contributed by atoms with Crippen LogP contribution in [0.15, 0.2) is 0 Å². The van der Waals surface area contributed by atoms with Crippen LogP contribution in [0.5, 0.6) is 0 Å². The minimum atomic E-state index is -0.907. The molecule has 1 heterocycles. The molecule has 6 heteroatoms. The Hall–Kier alpha value is -1.30. The summed E-state index contributed by atoms with van der Waals surface area (Å²) in [4.78, 5) is 26.8. The highest BCUT2D eigenvalue weighted by Crippen LogP contribution is 2.17. The molecule has 0 aromatic carbocycles. The Labute approximate surface area is 114 Å². The number of carbonyl (C=O) groups is 2. The second-order valence-electron chi connectivity index (χ2n) is 5.49. The molecule has 2 atom stereocenters. The van der Waals surface area contributed by atoms with Gasteiger partial charge in [-0.25, -0.2) is 9.59 Å². The van der Waals surface area contributed by atoms with Gasteiger partial charge in [0.2, 0.25) is 0 Å². The van der Waals surface area contributed by atoms with Gasteiger partial charge in [0.1, 0.15) is 6.04 Å². The first-order chi connectivity index (χ1) is 8.91. The highest BCUT2D eigenvalue weighted by molar-refractivity contribution is 5.83. The van der Waals surface area contributed by atoms with Crippen LogP contribution in [-0.2, 0) is 4.79 Å². The molecule has 2 amide bonds. The first-order valence-corrected chi connectivity index (χ1v) is 6.86. The third kappa shape index (κ3) is 5.06. The van der Waals surface area contributed by atoms with E-state index < -0.39 is 12.0 Å². The van der Waals surface area contributed by atoms with Gasteiger partial charge in [0.05, 0.1) is 0 Å². The highest BCUT2D eigenvalue weighted by Gasteiger charge is 2.32. The average Bonchev–Trinajstić information content (AvgIpc) is 2.36. The van der Waals surface area contributed by atoms with Crippen LogP contribution in [0, 0.1) is 0 Å². The van der Waals surface area contributed by atoms with E-state index in [9.17, 15) is 9.59 Å². The van der Waals surface area contributed by atoms with E-state index in [1.807, 2.05) is 21.0 Å². The highest BCUT2D eigenvalue weighted by atomic mass is 16.4. The van der Waals surface area contributed by atoms with Crippen molar-refractivity contribution in [2.75, 3.05) is 27.2 Å². The molecule has 2 N–H and O–H groups in total. The number of amides is 2. The summed E-state index contributed by atoms with van der Waals surface area (Å²) in [5.74, 6) is -0.907. The quantitative estimate of drug-likeness (QED) is 0.781. The number of carboxylic acids is 1. The van der Waals surface area contributed by atoms with Crippen molar-refractivity contribution in [3.63, 3.8) is 0 Å². The molecule has 19 heavy (non-hydrogen) atoms. The maximum atomic E-state index is 12.1. The molecule has 2 unspecified atom stereocenters. The van der Waals surface area contributed by atoms with E-state index in [2.05, 4.69) is 10.2 Å². The Morgan fingerprint density at radius 2 is 2.11 bits per heavy atom. The van der Waals surface area contributed by atoms with E-state index in [0.717, 1.165) is 25.8 Å². The smallest absolute Gasteiger partial charge is 0.326 e. The summed E-state index contributed by atoms with van der Waals surface area (Å²) >= 11 is 0. The first-order valence-electron chi connectivity index (χ1n) is 6.86. The molecular formula is C13H25N3O3. The van der Waals surface area contributed by atoms with Gasteiger partial charge in [0.25, 0.3) is 0 Å². The topological polar surface area (TPSA) is 72.9 Å². The van der Waals surface area contributed by atoms with Gasteiger partial charge in [-0.2, -0.15) is 0 Å². The lowest BCUT2D eigenvalue weighted by Crippen LogP contribution is -2.53. The van der Waals surface area contributed by atoms with Crippen molar-refractivity contribution in [2.24, 2.45) is 0 Å². The number of likely N-dealkylation sites (tertiary alicyclic amines) is 1. The second kappa shape index (κ2) is 7.33. The summed E-state index contributed by atoms with van der Waals surface area (Å²) in [6, 6.07) is -0.876. The lowest BCUT2D eigenvalue weighted by atomic mass is 10.0. The number of carbonyl (C=O) groups excluding carboxylic acids is 1. The third-order valence-corrected chi connectivity index (χ3v) is 3.43. The van der Waals surface area contributed by atoms with Crippen molar-refractivity contribution in [3.8, 4) is 0 Å². The molecule has 6 nitrogen and oxygen atoms in total. The number of piperidine rings is 1. The number of rotatable bonds is 5. The van der Waals surface area contributed by atoms with Crippen LogP contribution in [0.25, 0.3) is 0 Å². The molecule has 110 valence electrons. The maximum absolute atomic E-state index is 12.1. The number of hydrogen-bond donors (Lipinski definition) is 2. The lowest BCUT2D eigenvalue weighted by Gasteiger charge is -2.33. The van der Waals surface area contributed by atoms with Crippen LogP contribution in [0.2, 0.25) is 0 Å². The average molecular weight is 271 g/mol. The number of nitrogens with zero attached hydrogens (tertiary/aromatic N) is 2. The summed E-state index contributed by atoms with van der Waals surface area (Å²) in [5.41, 5.74) is 0. The van der Waals surface area contributed by atoms with Gasteiger partial charge in [-0.3, -0.25) is 0 Å². The summed E-state index contributed by atoms with van der Waals surface area (Å²) in [6.45, 7) is 3.37. The normalized spacial score (nSPS) is 21.3. The molecule has 0 aliphatic carbocycles. The fourth-order valence-corrected chi connectivity index (χ4v) is 2.25. The molecule has 0 bridgehead atoms. The number of aliphatic carboxylic acids is 1. The number of carboxylic acid groups (broad SMARTS) is 1. The second-order valence-corrected chi connectivity index (χ2v) is 5.49. The van der Waals surface area contributed by atoms with Gasteiger partial charge in [-0.15, -0.1) is 0 Å². The monoisotopic (exact) mass is 271 g/mol. The zero-order chi connectivity index (χ0) is 14.4. The Kier molecular flexibility index (Phi) is 6.08. The van der Waals surface area contributed by atoms with Gasteiger partial charge < -0.3 is 20.2 Å². The molecule has 1 saturated heterocycles. The minimum absolute atomic E-state index is 0.0475. The summed E-state index contributed by atoms with van der Waals surface area (Å²) < 4.78 is 0. The third-order valence-electron chi connectivity index (χ3n) is 3.43. The zero-order valence-corrected chi connectivity index (χ0v) is 12.1. The molecule has 1 fully saturated rings. The van der Waals surface area contributed by atoms with Crippen LogP contribution in [0.1, 0.15) is 32.6 Å². The van der Waals surface area contributed by atoms with Crippen molar-refractivity contribution >= 4 is 12.0 Å². The fraction of sp³-hybridized carbons (Fsp3) is 0.846. The maximum Gasteiger partial charge on any atom is 0.326 e. The van der Waals surface area contributed by atoms with Gasteiger partial charge in [0.15, 0.2) is 0 Å². The van der Waals surface area contributed by atoms with Gasteiger partial charge in [-0.1, -0.05) is 0 Å². The lowest BCUT2D eigenvalue weighted by molar-refractivity contribution is -0.143. The van der Waals surface area contributed by atoms with Crippen molar-refractivity contribution < 1.29 is 14.7 Å². The van der Waals surface area contributed by atoms with Crippen LogP contribution in [0.4, 0.5) is 4.79 Å². The molecular weight excluding hydrogens is 246 g/mol. The van der Waals surface area contributed by atoms with Crippen LogP contribution >= 0.6 is 0 Å². The molecule has 0 aromatic rings. The number of nitrogens with one attached hydrogen (secondary N) is 1. The van der Waals surface area contributed by atoms with Crippen LogP contribution in [0.3, 0.4) is 0 Å². The predicted molar refractivity (Wildman–Crippen MR) is 73.1 cm³/mol. The van der Waals surface area contributed by atoms with Crippen molar-refractivity contribution in [1.29, 1.82) is 0 Å². The molecule has 0 aromatic heterocycles. The Balaban J connectivity index is 2.48. The van der Waals surface area contributed by atoms with E-state index >= 15 is 0 Å². The first kappa shape index (κ1) is 15.8. The number of urea groups is 1. The molecule has 0 radical (unpaired) electrons. The molecule has 0 spiro atoms. The Morgan fingerprint density at radius 3 is 2.68 bits per heavy atom. The fourth-order valence-electron chi connectivity index (χ4n) is 2.25. The molecule has 1 rings (SSSR count). The summed E-state index contributed by atoms with van der Waals surface area (Å²) in [6.07, 6.45) is 3.15. The Bertz CT molecular complexity index is 320.